The molecule has 0 saturated heterocycles. The molecule has 0 unspecified atom stereocenters. The maximum Gasteiger partial charge on any atom is 0.297 e. The van der Waals surface area contributed by atoms with E-state index < -0.39 is 10.1 Å². The van der Waals surface area contributed by atoms with Gasteiger partial charge in [0, 0.05) is 4.47 Å². The molecule has 0 aliphatic carbocycles. The van der Waals surface area contributed by atoms with Crippen LogP contribution in [0.1, 0.15) is 0 Å². The molecule has 6 heteroatoms. The van der Waals surface area contributed by atoms with Gasteiger partial charge in [-0.05, 0) is 47.2 Å². The van der Waals surface area contributed by atoms with Crippen molar-refractivity contribution in [1.82, 2.24) is 0 Å². The van der Waals surface area contributed by atoms with Crippen LogP contribution in [0.3, 0.4) is 0 Å². The van der Waals surface area contributed by atoms with Gasteiger partial charge in [-0.25, -0.2) is 0 Å². The highest BCUT2D eigenvalue weighted by atomic mass is 79.9. The van der Waals surface area contributed by atoms with E-state index in [9.17, 15) is 8.42 Å². The lowest BCUT2D eigenvalue weighted by molar-refractivity contribution is 0.221. The Labute approximate surface area is 149 Å². The van der Waals surface area contributed by atoms with Gasteiger partial charge in [0.25, 0.3) is 10.1 Å². The highest BCUT2D eigenvalue weighted by Crippen LogP contribution is 2.21. The molecule has 4 nitrogen and oxygen atoms in total. The van der Waals surface area contributed by atoms with Crippen LogP contribution in [0.25, 0.3) is 10.8 Å². The summed E-state index contributed by atoms with van der Waals surface area (Å²) in [6, 6.07) is 20.0. The minimum Gasteiger partial charge on any atom is -0.491 e. The molecule has 0 saturated carbocycles. The first-order chi connectivity index (χ1) is 11.5. The summed E-state index contributed by atoms with van der Waals surface area (Å²) in [7, 11) is -3.77. The van der Waals surface area contributed by atoms with Gasteiger partial charge >= 0.3 is 0 Å². The fourth-order valence-electron chi connectivity index (χ4n) is 2.23. The topological polar surface area (TPSA) is 52.6 Å². The van der Waals surface area contributed by atoms with Gasteiger partial charge in [-0.15, -0.1) is 0 Å². The molecule has 24 heavy (non-hydrogen) atoms. The van der Waals surface area contributed by atoms with E-state index in [1.54, 1.807) is 12.1 Å². The van der Waals surface area contributed by atoms with Crippen molar-refractivity contribution in [2.45, 2.75) is 4.90 Å². The molecule has 0 aliphatic rings. The summed E-state index contributed by atoms with van der Waals surface area (Å²) in [5.41, 5.74) is 0. The number of halogens is 1. The van der Waals surface area contributed by atoms with E-state index in [4.69, 9.17) is 8.92 Å². The molecule has 0 aromatic heterocycles. The third-order valence-electron chi connectivity index (χ3n) is 3.41. The summed E-state index contributed by atoms with van der Waals surface area (Å²) in [5, 5.41) is 2.19. The highest BCUT2D eigenvalue weighted by molar-refractivity contribution is 9.10. The third kappa shape index (κ3) is 4.14. The van der Waals surface area contributed by atoms with E-state index >= 15 is 0 Å². The summed E-state index contributed by atoms with van der Waals surface area (Å²) in [6.45, 7) is 0.0965. The van der Waals surface area contributed by atoms with Crippen molar-refractivity contribution in [2.24, 2.45) is 0 Å². The first kappa shape index (κ1) is 17.0. The first-order valence-corrected chi connectivity index (χ1v) is 9.51. The molecule has 0 fully saturated rings. The van der Waals surface area contributed by atoms with Crippen molar-refractivity contribution in [3.8, 4) is 5.75 Å². The first-order valence-electron chi connectivity index (χ1n) is 7.31. The Hall–Kier alpha value is -1.89. The summed E-state index contributed by atoms with van der Waals surface area (Å²) >= 11 is 3.26. The van der Waals surface area contributed by atoms with Gasteiger partial charge in [-0.2, -0.15) is 8.42 Å². The van der Waals surface area contributed by atoms with Crippen molar-refractivity contribution in [3.63, 3.8) is 0 Å². The minimum absolute atomic E-state index is 0.0504. The Kier molecular flexibility index (Phi) is 5.18. The number of ether oxygens (including phenoxy) is 1. The molecular weight excluding hydrogens is 392 g/mol. The van der Waals surface area contributed by atoms with Gasteiger partial charge in [0.05, 0.1) is 4.90 Å². The second kappa shape index (κ2) is 7.34. The second-order valence-electron chi connectivity index (χ2n) is 5.09. The van der Waals surface area contributed by atoms with Crippen molar-refractivity contribution >= 4 is 36.8 Å². The van der Waals surface area contributed by atoms with Crippen LogP contribution in [-0.2, 0) is 14.3 Å². The van der Waals surface area contributed by atoms with Crippen LogP contribution in [0.2, 0.25) is 0 Å². The standard InChI is InChI=1S/C18H15BrO4S/c19-16-6-9-18(10-7-16)24(20,21)23-12-11-22-17-8-5-14-3-1-2-4-15(14)13-17/h1-10,13H,11-12H2. The lowest BCUT2D eigenvalue weighted by atomic mass is 10.1. The number of hydrogen-bond acceptors (Lipinski definition) is 4. The molecule has 0 radical (unpaired) electrons. The van der Waals surface area contributed by atoms with Crippen LogP contribution in [0.4, 0.5) is 0 Å². The zero-order chi connectivity index (χ0) is 17.0. The third-order valence-corrected chi connectivity index (χ3v) is 5.27. The van der Waals surface area contributed by atoms with Crippen molar-refractivity contribution in [3.05, 3.63) is 71.2 Å². The Balaban J connectivity index is 1.56. The molecule has 3 rings (SSSR count). The minimum atomic E-state index is -3.77. The van der Waals surface area contributed by atoms with Crippen LogP contribution < -0.4 is 4.74 Å². The van der Waals surface area contributed by atoms with E-state index in [0.29, 0.717) is 5.75 Å². The predicted molar refractivity (Wildman–Crippen MR) is 96.7 cm³/mol. The van der Waals surface area contributed by atoms with Gasteiger partial charge < -0.3 is 4.74 Å². The molecule has 3 aromatic rings. The molecule has 0 spiro atoms. The summed E-state index contributed by atoms with van der Waals surface area (Å²) in [5.74, 6) is 0.679. The van der Waals surface area contributed by atoms with Crippen LogP contribution in [0.5, 0.6) is 5.75 Å². The molecule has 0 amide bonds. The lowest BCUT2D eigenvalue weighted by Crippen LogP contribution is -2.13. The van der Waals surface area contributed by atoms with E-state index in [0.717, 1.165) is 15.2 Å². The van der Waals surface area contributed by atoms with E-state index in [2.05, 4.69) is 15.9 Å². The fourth-order valence-corrected chi connectivity index (χ4v) is 3.39. The monoisotopic (exact) mass is 406 g/mol. The van der Waals surface area contributed by atoms with E-state index in [1.807, 2.05) is 42.5 Å². The number of rotatable bonds is 6. The van der Waals surface area contributed by atoms with E-state index in [1.165, 1.54) is 12.1 Å². The average molecular weight is 407 g/mol. The summed E-state index contributed by atoms with van der Waals surface area (Å²) < 4.78 is 35.4. The van der Waals surface area contributed by atoms with Crippen molar-refractivity contribution in [2.75, 3.05) is 13.2 Å². The van der Waals surface area contributed by atoms with Crippen LogP contribution in [-0.4, -0.2) is 21.6 Å². The molecular formula is C18H15BrO4S. The van der Waals surface area contributed by atoms with Gasteiger partial charge in [-0.1, -0.05) is 46.3 Å². The largest absolute Gasteiger partial charge is 0.491 e. The smallest absolute Gasteiger partial charge is 0.297 e. The second-order valence-corrected chi connectivity index (χ2v) is 7.62. The molecule has 3 aromatic carbocycles. The summed E-state index contributed by atoms with van der Waals surface area (Å²) in [6.07, 6.45) is 0. The molecule has 0 bridgehead atoms. The Morgan fingerprint density at radius 1 is 0.833 bits per heavy atom. The maximum atomic E-state index is 12.0. The fraction of sp³-hybridized carbons (Fsp3) is 0.111. The molecule has 0 aliphatic heterocycles. The SMILES string of the molecule is O=S(=O)(OCCOc1ccc2ccccc2c1)c1ccc(Br)cc1. The Morgan fingerprint density at radius 3 is 2.29 bits per heavy atom. The molecule has 124 valence electrons. The number of hydrogen-bond donors (Lipinski definition) is 0. The van der Waals surface area contributed by atoms with Crippen molar-refractivity contribution in [1.29, 1.82) is 0 Å². The quantitative estimate of drug-likeness (QED) is 0.449. The average Bonchev–Trinajstić information content (AvgIpc) is 2.59. The van der Waals surface area contributed by atoms with Crippen molar-refractivity contribution < 1.29 is 17.3 Å². The predicted octanol–water partition coefficient (Wildman–Crippen LogP) is 4.39. The van der Waals surface area contributed by atoms with Gasteiger partial charge in [0.1, 0.15) is 19.0 Å². The lowest BCUT2D eigenvalue weighted by Gasteiger charge is -2.08. The Bertz CT molecular complexity index is 937. The zero-order valence-electron chi connectivity index (χ0n) is 12.7. The highest BCUT2D eigenvalue weighted by Gasteiger charge is 2.14. The Morgan fingerprint density at radius 2 is 1.54 bits per heavy atom. The zero-order valence-corrected chi connectivity index (χ0v) is 15.1. The van der Waals surface area contributed by atoms with Gasteiger partial charge in [0.2, 0.25) is 0 Å². The van der Waals surface area contributed by atoms with Gasteiger partial charge in [0.15, 0.2) is 0 Å². The molecule has 0 heterocycles. The van der Waals surface area contributed by atoms with E-state index in [-0.39, 0.29) is 18.1 Å². The maximum absolute atomic E-state index is 12.0. The molecule has 0 N–H and O–H groups in total. The van der Waals surface area contributed by atoms with Crippen LogP contribution >= 0.6 is 15.9 Å². The van der Waals surface area contributed by atoms with Gasteiger partial charge in [-0.3, -0.25) is 4.18 Å². The molecule has 0 atom stereocenters. The number of benzene rings is 3. The van der Waals surface area contributed by atoms with Crippen LogP contribution in [0.15, 0.2) is 76.1 Å². The normalized spacial score (nSPS) is 11.5. The number of fused-ring (bicyclic) bond motifs is 1. The summed E-state index contributed by atoms with van der Waals surface area (Å²) in [4.78, 5) is 0.122. The van der Waals surface area contributed by atoms with Crippen LogP contribution in [0, 0.1) is 0 Å².